The van der Waals surface area contributed by atoms with E-state index in [4.69, 9.17) is 5.73 Å². The standard InChI is InChI=1S/C8H10N2/c9-7-2-1-3-8-6(7)4-5-10-8/h1-3,10H,4-5,9H2. The summed E-state index contributed by atoms with van der Waals surface area (Å²) in [5.41, 5.74) is 9.14. The monoisotopic (exact) mass is 134 g/mol. The van der Waals surface area contributed by atoms with Crippen LogP contribution in [-0.4, -0.2) is 6.54 Å². The summed E-state index contributed by atoms with van der Waals surface area (Å²) in [5, 5.41) is 3.26. The van der Waals surface area contributed by atoms with Gasteiger partial charge in [0.15, 0.2) is 0 Å². The SMILES string of the molecule is Nc1cccc2c1CCN2. The summed E-state index contributed by atoms with van der Waals surface area (Å²) in [6, 6.07) is 6.00. The molecule has 0 saturated carbocycles. The number of rotatable bonds is 0. The van der Waals surface area contributed by atoms with Crippen molar-refractivity contribution in [2.75, 3.05) is 17.6 Å². The van der Waals surface area contributed by atoms with Crippen LogP contribution in [0.5, 0.6) is 0 Å². The largest absolute Gasteiger partial charge is 0.398 e. The highest BCUT2D eigenvalue weighted by molar-refractivity contribution is 5.66. The molecule has 2 nitrogen and oxygen atoms in total. The molecule has 0 radical (unpaired) electrons. The van der Waals surface area contributed by atoms with Crippen molar-refractivity contribution >= 4 is 11.4 Å². The molecule has 3 N–H and O–H groups in total. The van der Waals surface area contributed by atoms with Crippen molar-refractivity contribution in [2.45, 2.75) is 6.42 Å². The number of hydrogen-bond acceptors (Lipinski definition) is 2. The van der Waals surface area contributed by atoms with E-state index in [-0.39, 0.29) is 0 Å². The number of nitrogens with one attached hydrogen (secondary N) is 1. The maximum Gasteiger partial charge on any atom is 0.0394 e. The van der Waals surface area contributed by atoms with Crippen molar-refractivity contribution in [1.29, 1.82) is 0 Å². The summed E-state index contributed by atoms with van der Waals surface area (Å²) < 4.78 is 0. The number of anilines is 2. The third kappa shape index (κ3) is 0.652. The van der Waals surface area contributed by atoms with Crippen LogP contribution in [0.1, 0.15) is 5.56 Å². The van der Waals surface area contributed by atoms with Gasteiger partial charge in [0.1, 0.15) is 0 Å². The second kappa shape index (κ2) is 1.90. The Bertz CT molecular complexity index is 255. The van der Waals surface area contributed by atoms with Gasteiger partial charge in [0, 0.05) is 17.9 Å². The van der Waals surface area contributed by atoms with Crippen LogP contribution >= 0.6 is 0 Å². The Hall–Kier alpha value is -1.18. The van der Waals surface area contributed by atoms with Gasteiger partial charge in [0.05, 0.1) is 0 Å². The Morgan fingerprint density at radius 3 is 3.10 bits per heavy atom. The first-order valence-electron chi connectivity index (χ1n) is 3.49. The van der Waals surface area contributed by atoms with Gasteiger partial charge < -0.3 is 11.1 Å². The molecule has 0 aromatic heterocycles. The van der Waals surface area contributed by atoms with Crippen molar-refractivity contribution in [1.82, 2.24) is 0 Å². The van der Waals surface area contributed by atoms with E-state index in [1.165, 1.54) is 11.3 Å². The van der Waals surface area contributed by atoms with Crippen LogP contribution in [0, 0.1) is 0 Å². The van der Waals surface area contributed by atoms with E-state index in [0.29, 0.717) is 0 Å². The average molecular weight is 134 g/mol. The van der Waals surface area contributed by atoms with Gasteiger partial charge in [-0.15, -0.1) is 0 Å². The first kappa shape index (κ1) is 5.59. The third-order valence-corrected chi connectivity index (χ3v) is 1.90. The van der Waals surface area contributed by atoms with Crippen LogP contribution in [0.2, 0.25) is 0 Å². The fraction of sp³-hybridized carbons (Fsp3) is 0.250. The lowest BCUT2D eigenvalue weighted by molar-refractivity contribution is 1.11. The predicted octanol–water partition coefficient (Wildman–Crippen LogP) is 1.24. The molecule has 1 aromatic rings. The zero-order chi connectivity index (χ0) is 6.97. The second-order valence-corrected chi connectivity index (χ2v) is 2.55. The van der Waals surface area contributed by atoms with Crippen molar-refractivity contribution in [3.63, 3.8) is 0 Å². The van der Waals surface area contributed by atoms with Gasteiger partial charge in [0.25, 0.3) is 0 Å². The first-order chi connectivity index (χ1) is 4.88. The maximum absolute atomic E-state index is 5.73. The van der Waals surface area contributed by atoms with Gasteiger partial charge in [0.2, 0.25) is 0 Å². The molecular weight excluding hydrogens is 124 g/mol. The van der Waals surface area contributed by atoms with Crippen LogP contribution in [0.25, 0.3) is 0 Å². The lowest BCUT2D eigenvalue weighted by atomic mass is 10.1. The third-order valence-electron chi connectivity index (χ3n) is 1.90. The Morgan fingerprint density at radius 2 is 2.30 bits per heavy atom. The molecular formula is C8H10N2. The Kier molecular flexibility index (Phi) is 1.07. The molecule has 1 heterocycles. The van der Waals surface area contributed by atoms with Gasteiger partial charge in [-0.25, -0.2) is 0 Å². The smallest absolute Gasteiger partial charge is 0.0394 e. The average Bonchev–Trinajstić information content (AvgIpc) is 2.36. The molecule has 0 aliphatic carbocycles. The van der Waals surface area contributed by atoms with Crippen LogP contribution in [0.3, 0.4) is 0 Å². The van der Waals surface area contributed by atoms with Crippen LogP contribution in [0.4, 0.5) is 11.4 Å². The van der Waals surface area contributed by atoms with Gasteiger partial charge in [-0.3, -0.25) is 0 Å². The minimum absolute atomic E-state index is 0.919. The second-order valence-electron chi connectivity index (χ2n) is 2.55. The Morgan fingerprint density at radius 1 is 1.40 bits per heavy atom. The highest BCUT2D eigenvalue weighted by atomic mass is 14.9. The number of fused-ring (bicyclic) bond motifs is 1. The molecule has 52 valence electrons. The summed E-state index contributed by atoms with van der Waals surface area (Å²) in [6.45, 7) is 1.03. The molecule has 2 rings (SSSR count). The van der Waals surface area contributed by atoms with E-state index >= 15 is 0 Å². The highest BCUT2D eigenvalue weighted by Crippen LogP contribution is 2.26. The first-order valence-corrected chi connectivity index (χ1v) is 3.49. The summed E-state index contributed by atoms with van der Waals surface area (Å²) in [4.78, 5) is 0. The lowest BCUT2D eigenvalue weighted by Crippen LogP contribution is -1.90. The highest BCUT2D eigenvalue weighted by Gasteiger charge is 2.10. The van der Waals surface area contributed by atoms with Gasteiger partial charge >= 0.3 is 0 Å². The van der Waals surface area contributed by atoms with Crippen LogP contribution in [0.15, 0.2) is 18.2 Å². The van der Waals surface area contributed by atoms with E-state index in [1.54, 1.807) is 0 Å². The van der Waals surface area contributed by atoms with Crippen molar-refractivity contribution < 1.29 is 0 Å². The molecule has 0 unspecified atom stereocenters. The van der Waals surface area contributed by atoms with Gasteiger partial charge in [-0.1, -0.05) is 6.07 Å². The lowest BCUT2D eigenvalue weighted by Gasteiger charge is -2.00. The summed E-state index contributed by atoms with van der Waals surface area (Å²) in [5.74, 6) is 0. The molecule has 1 aliphatic rings. The number of nitrogen functional groups attached to an aromatic ring is 1. The van der Waals surface area contributed by atoms with E-state index in [1.807, 2.05) is 12.1 Å². The van der Waals surface area contributed by atoms with Gasteiger partial charge in [-0.05, 0) is 24.1 Å². The predicted molar refractivity (Wildman–Crippen MR) is 43.0 cm³/mol. The van der Waals surface area contributed by atoms with Crippen LogP contribution in [-0.2, 0) is 6.42 Å². The fourth-order valence-corrected chi connectivity index (χ4v) is 1.37. The molecule has 0 saturated heterocycles. The fourth-order valence-electron chi connectivity index (χ4n) is 1.37. The molecule has 10 heavy (non-hydrogen) atoms. The summed E-state index contributed by atoms with van der Waals surface area (Å²) in [7, 11) is 0. The molecule has 0 spiro atoms. The maximum atomic E-state index is 5.73. The minimum atomic E-state index is 0.919. The number of benzene rings is 1. The van der Waals surface area contributed by atoms with E-state index < -0.39 is 0 Å². The minimum Gasteiger partial charge on any atom is -0.398 e. The molecule has 0 bridgehead atoms. The van der Waals surface area contributed by atoms with E-state index in [9.17, 15) is 0 Å². The zero-order valence-corrected chi connectivity index (χ0v) is 5.72. The molecule has 1 aromatic carbocycles. The van der Waals surface area contributed by atoms with E-state index in [0.717, 1.165) is 18.7 Å². The van der Waals surface area contributed by atoms with E-state index in [2.05, 4.69) is 11.4 Å². The summed E-state index contributed by atoms with van der Waals surface area (Å²) in [6.07, 6.45) is 1.07. The summed E-state index contributed by atoms with van der Waals surface area (Å²) >= 11 is 0. The molecule has 0 fully saturated rings. The number of nitrogens with two attached hydrogens (primary N) is 1. The molecule has 1 aliphatic heterocycles. The van der Waals surface area contributed by atoms with Crippen molar-refractivity contribution in [3.05, 3.63) is 23.8 Å². The molecule has 2 heteroatoms. The Balaban J connectivity index is 2.59. The number of hydrogen-bond donors (Lipinski definition) is 2. The zero-order valence-electron chi connectivity index (χ0n) is 5.72. The van der Waals surface area contributed by atoms with Crippen molar-refractivity contribution in [2.24, 2.45) is 0 Å². The van der Waals surface area contributed by atoms with Crippen LogP contribution < -0.4 is 11.1 Å². The quantitative estimate of drug-likeness (QED) is 0.524. The van der Waals surface area contributed by atoms with Crippen molar-refractivity contribution in [3.8, 4) is 0 Å². The topological polar surface area (TPSA) is 38.0 Å². The molecule has 0 amide bonds. The molecule has 0 atom stereocenters. The van der Waals surface area contributed by atoms with Gasteiger partial charge in [-0.2, -0.15) is 0 Å². The normalized spacial score (nSPS) is 14.4. The Labute approximate surface area is 60.0 Å².